The van der Waals surface area contributed by atoms with Gasteiger partial charge >= 0.3 is 0 Å². The maximum atomic E-state index is 8.36. The molecule has 0 aliphatic carbocycles. The first kappa shape index (κ1) is 34.4. The van der Waals surface area contributed by atoms with Gasteiger partial charge in [0.05, 0.1) is 5.69 Å². The first-order valence-corrected chi connectivity index (χ1v) is 14.5. The minimum Gasteiger partial charge on any atom is -0.483 e. The number of aryl methyl sites for hydroxylation is 3. The van der Waals surface area contributed by atoms with Crippen LogP contribution in [0.15, 0.2) is 65.3 Å². The number of carbonyl (C=O) groups is 1. The summed E-state index contributed by atoms with van der Waals surface area (Å²) in [6.45, 7) is 13.6. The molecule has 11 heteroatoms. The lowest BCUT2D eigenvalue weighted by Gasteiger charge is -2.27. The number of nitrogens with two attached hydrogens (primary N) is 2. The highest BCUT2D eigenvalue weighted by Crippen LogP contribution is 2.30. The molecular weight excluding hydrogens is 550 g/mol. The molecule has 10 nitrogen and oxygen atoms in total. The van der Waals surface area contributed by atoms with Crippen LogP contribution in [0.2, 0.25) is 0 Å². The minimum atomic E-state index is -0.250. The summed E-state index contributed by atoms with van der Waals surface area (Å²) in [5.74, 6) is 6.72. The highest BCUT2D eigenvalue weighted by Gasteiger charge is 2.20. The van der Waals surface area contributed by atoms with Crippen LogP contribution < -0.4 is 26.4 Å². The van der Waals surface area contributed by atoms with Gasteiger partial charge in [0, 0.05) is 48.1 Å². The van der Waals surface area contributed by atoms with Crippen LogP contribution in [0.3, 0.4) is 0 Å². The van der Waals surface area contributed by atoms with Gasteiger partial charge in [-0.2, -0.15) is 4.98 Å². The largest absolute Gasteiger partial charge is 0.483 e. The molecule has 0 radical (unpaired) electrons. The lowest BCUT2D eigenvalue weighted by molar-refractivity contribution is -0.122. The Labute approximate surface area is 254 Å². The van der Waals surface area contributed by atoms with Crippen molar-refractivity contribution < 1.29 is 14.6 Å². The number of ether oxygens (including phenoxy) is 1. The zero-order valence-corrected chi connectivity index (χ0v) is 26.5. The Bertz CT molecular complexity index is 1310. The maximum absolute atomic E-state index is 8.36. The fraction of sp³-hybridized carbons (Fsp3) is 0.387. The van der Waals surface area contributed by atoms with Gasteiger partial charge in [-0.15, -0.1) is 0 Å². The first-order valence-electron chi connectivity index (χ1n) is 13.6. The van der Waals surface area contributed by atoms with Gasteiger partial charge in [-0.3, -0.25) is 9.52 Å². The van der Waals surface area contributed by atoms with Crippen LogP contribution in [0.1, 0.15) is 43.9 Å². The van der Waals surface area contributed by atoms with Gasteiger partial charge in [0.25, 0.3) is 6.47 Å². The van der Waals surface area contributed by atoms with Gasteiger partial charge in [-0.05, 0) is 73.4 Å². The molecule has 0 bridgehead atoms. The Morgan fingerprint density at radius 3 is 2.36 bits per heavy atom. The predicted octanol–water partition coefficient (Wildman–Crippen LogP) is 5.27. The fourth-order valence-electron chi connectivity index (χ4n) is 4.36. The van der Waals surface area contributed by atoms with Gasteiger partial charge in [-0.1, -0.05) is 51.1 Å². The van der Waals surface area contributed by atoms with E-state index in [0.717, 1.165) is 33.7 Å². The van der Waals surface area contributed by atoms with Gasteiger partial charge in [0.2, 0.25) is 11.8 Å². The van der Waals surface area contributed by atoms with E-state index in [4.69, 9.17) is 36.2 Å². The Morgan fingerprint density at radius 2 is 1.76 bits per heavy atom. The summed E-state index contributed by atoms with van der Waals surface area (Å²) in [7, 11) is 1.74. The van der Waals surface area contributed by atoms with E-state index in [9.17, 15) is 0 Å². The van der Waals surface area contributed by atoms with E-state index in [0.29, 0.717) is 30.7 Å². The summed E-state index contributed by atoms with van der Waals surface area (Å²) in [5, 5.41) is 11.9. The molecule has 0 amide bonds. The summed E-state index contributed by atoms with van der Waals surface area (Å²) < 4.78 is 9.64. The van der Waals surface area contributed by atoms with E-state index >= 15 is 0 Å². The molecule has 1 aromatic heterocycles. The molecule has 0 aliphatic heterocycles. The van der Waals surface area contributed by atoms with Crippen molar-refractivity contribution in [1.29, 1.82) is 0 Å². The van der Waals surface area contributed by atoms with E-state index in [2.05, 4.69) is 88.0 Å². The monoisotopic (exact) mass is 595 g/mol. The van der Waals surface area contributed by atoms with Crippen molar-refractivity contribution in [3.8, 4) is 17.1 Å². The third kappa shape index (κ3) is 12.4. The van der Waals surface area contributed by atoms with Crippen LogP contribution in [0, 0.1) is 26.2 Å². The lowest BCUT2D eigenvalue weighted by atomic mass is 9.88. The predicted molar refractivity (Wildman–Crippen MR) is 172 cm³/mol. The molecule has 228 valence electrons. The van der Waals surface area contributed by atoms with Crippen LogP contribution in [-0.2, 0) is 4.79 Å². The molecule has 0 saturated heterocycles. The average molecular weight is 596 g/mol. The van der Waals surface area contributed by atoms with Crippen molar-refractivity contribution in [2.45, 2.75) is 58.9 Å². The number of hydrazine groups is 1. The molecule has 0 saturated carbocycles. The number of carboxylic acid groups (broad SMARTS) is 1. The Balaban J connectivity index is 0.00000197. The molecule has 0 fully saturated rings. The number of rotatable bonds is 12. The van der Waals surface area contributed by atoms with Crippen LogP contribution in [-0.4, -0.2) is 52.8 Å². The van der Waals surface area contributed by atoms with Crippen molar-refractivity contribution >= 4 is 24.4 Å². The smallest absolute Gasteiger partial charge is 0.290 e. The number of nitrogens with one attached hydrogen (secondary N) is 2. The molecule has 1 heterocycles. The number of aromatic nitrogens is 2. The maximum Gasteiger partial charge on any atom is 0.290 e. The number of benzene rings is 2. The van der Waals surface area contributed by atoms with Crippen LogP contribution in [0.4, 0.5) is 5.95 Å². The molecule has 3 rings (SSSR count). The minimum absolute atomic E-state index is 0.0525. The molecule has 42 heavy (non-hydrogen) atoms. The Morgan fingerprint density at radius 1 is 1.12 bits per heavy atom. The molecule has 7 N–H and O–H groups in total. The zero-order valence-electron chi connectivity index (χ0n) is 25.6. The van der Waals surface area contributed by atoms with Crippen LogP contribution >= 0.6 is 11.9 Å². The van der Waals surface area contributed by atoms with Crippen LogP contribution in [0.25, 0.3) is 11.3 Å². The third-order valence-electron chi connectivity index (χ3n) is 5.95. The van der Waals surface area contributed by atoms with Crippen molar-refractivity contribution in [3.63, 3.8) is 0 Å². The van der Waals surface area contributed by atoms with Crippen LogP contribution in [0.5, 0.6) is 5.88 Å². The van der Waals surface area contributed by atoms with E-state index in [1.807, 2.05) is 12.1 Å². The summed E-state index contributed by atoms with van der Waals surface area (Å²) in [4.78, 5) is 19.0. The molecule has 0 aliphatic rings. The van der Waals surface area contributed by atoms with Gasteiger partial charge in [0.15, 0.2) is 0 Å². The Hall–Kier alpha value is -3.80. The average Bonchev–Trinajstić information content (AvgIpc) is 2.88. The molecule has 0 spiro atoms. The summed E-state index contributed by atoms with van der Waals surface area (Å²) >= 11 is 1.48. The molecule has 1 atom stereocenters. The second-order valence-corrected chi connectivity index (χ2v) is 12.2. The second kappa shape index (κ2) is 16.6. The van der Waals surface area contributed by atoms with Crippen molar-refractivity contribution in [2.24, 2.45) is 17.0 Å². The van der Waals surface area contributed by atoms with Gasteiger partial charge in [-0.25, -0.2) is 10.8 Å². The molecular formula is C31H45N7O3S. The van der Waals surface area contributed by atoms with Crippen molar-refractivity contribution in [3.05, 3.63) is 77.1 Å². The van der Waals surface area contributed by atoms with E-state index in [1.165, 1.54) is 22.5 Å². The standard InChI is InChI=1S/C30H43N7OS.CH2O2/c1-20-10-8-13-25(14-20)39-36-29-34-26(28-21(2)11-9-12-22(28)3)15-27(35-29)38-19-24(16-30(4,5)6)33-17-23(31)18-37(7)32;2-1-3/h8-15,18,24,33H,16-17,19,31-32H2,1-7H3,(H,34,35,36);1H,(H,2,3)/b23-18-;. The molecule has 1 unspecified atom stereocenters. The highest BCUT2D eigenvalue weighted by atomic mass is 32.2. The van der Waals surface area contributed by atoms with Crippen molar-refractivity contribution in [2.75, 3.05) is 24.9 Å². The number of hydrogen-bond donors (Lipinski definition) is 5. The zero-order chi connectivity index (χ0) is 31.3. The summed E-state index contributed by atoms with van der Waals surface area (Å²) in [5.41, 5.74) is 12.3. The first-order chi connectivity index (χ1) is 19.8. The van der Waals surface area contributed by atoms with Crippen molar-refractivity contribution in [1.82, 2.24) is 20.3 Å². The molecule has 3 aromatic rings. The lowest BCUT2D eigenvalue weighted by Crippen LogP contribution is -2.40. The van der Waals surface area contributed by atoms with Gasteiger partial charge in [0.1, 0.15) is 6.61 Å². The number of nitrogens with zero attached hydrogens (tertiary/aromatic N) is 3. The van der Waals surface area contributed by atoms with E-state index in [1.54, 1.807) is 13.2 Å². The normalized spacial score (nSPS) is 12.1. The summed E-state index contributed by atoms with van der Waals surface area (Å²) in [6.07, 6.45) is 2.59. The molecule has 2 aromatic carbocycles. The number of hydrogen-bond acceptors (Lipinski definition) is 10. The second-order valence-electron chi connectivity index (χ2n) is 11.3. The van der Waals surface area contributed by atoms with Gasteiger partial charge < -0.3 is 25.9 Å². The van der Waals surface area contributed by atoms with E-state index < -0.39 is 0 Å². The quantitative estimate of drug-likeness (QED) is 0.0806. The number of anilines is 1. The third-order valence-corrected chi connectivity index (χ3v) is 6.72. The Kier molecular flexibility index (Phi) is 13.6. The highest BCUT2D eigenvalue weighted by molar-refractivity contribution is 8.00. The fourth-order valence-corrected chi connectivity index (χ4v) is 5.05. The topological polar surface area (TPSA) is 152 Å². The summed E-state index contributed by atoms with van der Waals surface area (Å²) in [6, 6.07) is 16.5. The van der Waals surface area contributed by atoms with E-state index in [-0.39, 0.29) is 17.9 Å². The SMILES string of the molecule is Cc1cccc(SNc2nc(OCC(CC(C)(C)C)NC/C(N)=C/N(C)N)cc(-c3c(C)cccc3C)n2)c1.O=CO.